The molecule has 1 saturated heterocycles. The van der Waals surface area contributed by atoms with Crippen molar-refractivity contribution in [3.8, 4) is 0 Å². The third-order valence-electron chi connectivity index (χ3n) is 4.31. The Morgan fingerprint density at radius 3 is 2.57 bits per heavy atom. The Bertz CT molecular complexity index is 445. The summed E-state index contributed by atoms with van der Waals surface area (Å²) in [6, 6.07) is 10.3. The van der Waals surface area contributed by atoms with Crippen LogP contribution in [0.5, 0.6) is 0 Å². The second-order valence-electron chi connectivity index (χ2n) is 5.61. The van der Waals surface area contributed by atoms with Crippen LogP contribution in [0.15, 0.2) is 30.3 Å². The van der Waals surface area contributed by atoms with Gasteiger partial charge in [-0.25, -0.2) is 0 Å². The summed E-state index contributed by atoms with van der Waals surface area (Å²) < 4.78 is 16.2. The van der Waals surface area contributed by atoms with Gasteiger partial charge < -0.3 is 14.2 Å². The maximum atomic E-state index is 11.6. The standard InChI is InChI=1S/C17H24O4/c1-12-14(11-16(18)19-2)15(21-17(12)20-3)10-9-13-7-5-4-6-8-13/h4-8,12,14-15,17H,9-11H2,1-3H3/t12-,14+,15-,17-/m0/s1. The minimum absolute atomic E-state index is 0.0317. The molecular formula is C17H24O4. The number of ether oxygens (including phenoxy) is 3. The van der Waals surface area contributed by atoms with E-state index in [2.05, 4.69) is 19.1 Å². The first kappa shape index (κ1) is 16.0. The van der Waals surface area contributed by atoms with Gasteiger partial charge in [0.2, 0.25) is 0 Å². The molecule has 1 heterocycles. The van der Waals surface area contributed by atoms with Crippen molar-refractivity contribution in [2.45, 2.75) is 38.6 Å². The zero-order valence-electron chi connectivity index (χ0n) is 13.0. The smallest absolute Gasteiger partial charge is 0.305 e. The average Bonchev–Trinajstić information content (AvgIpc) is 2.82. The van der Waals surface area contributed by atoms with Crippen molar-refractivity contribution in [2.75, 3.05) is 14.2 Å². The van der Waals surface area contributed by atoms with Crippen LogP contribution >= 0.6 is 0 Å². The van der Waals surface area contributed by atoms with Gasteiger partial charge in [-0.2, -0.15) is 0 Å². The van der Waals surface area contributed by atoms with Crippen LogP contribution in [-0.2, 0) is 25.4 Å². The molecule has 0 amide bonds. The van der Waals surface area contributed by atoms with Crippen molar-refractivity contribution >= 4 is 5.97 Å². The molecule has 0 saturated carbocycles. The summed E-state index contributed by atoms with van der Waals surface area (Å²) in [5.74, 6) is 0.151. The van der Waals surface area contributed by atoms with E-state index >= 15 is 0 Å². The van der Waals surface area contributed by atoms with E-state index in [1.165, 1.54) is 12.7 Å². The van der Waals surface area contributed by atoms with Gasteiger partial charge in [0.15, 0.2) is 6.29 Å². The fourth-order valence-corrected chi connectivity index (χ4v) is 3.04. The van der Waals surface area contributed by atoms with E-state index in [4.69, 9.17) is 14.2 Å². The molecule has 0 aliphatic carbocycles. The lowest BCUT2D eigenvalue weighted by Gasteiger charge is -2.19. The molecule has 4 nitrogen and oxygen atoms in total. The minimum atomic E-state index is -0.236. The summed E-state index contributed by atoms with van der Waals surface area (Å²) in [6.07, 6.45) is 2.00. The molecule has 116 valence electrons. The van der Waals surface area contributed by atoms with Crippen LogP contribution in [0.3, 0.4) is 0 Å². The van der Waals surface area contributed by atoms with Gasteiger partial charge in [-0.3, -0.25) is 4.79 Å². The first-order chi connectivity index (χ1) is 10.2. The van der Waals surface area contributed by atoms with Gasteiger partial charge in [-0.1, -0.05) is 37.3 Å². The lowest BCUT2D eigenvalue weighted by Crippen LogP contribution is -2.24. The second kappa shape index (κ2) is 7.57. The predicted octanol–water partition coefficient (Wildman–Crippen LogP) is 2.81. The largest absolute Gasteiger partial charge is 0.469 e. The number of hydrogen-bond donors (Lipinski definition) is 0. The highest BCUT2D eigenvalue weighted by Crippen LogP contribution is 2.37. The van der Waals surface area contributed by atoms with Crippen molar-refractivity contribution in [1.29, 1.82) is 0 Å². The first-order valence-electron chi connectivity index (χ1n) is 7.44. The van der Waals surface area contributed by atoms with Crippen molar-refractivity contribution in [2.24, 2.45) is 11.8 Å². The summed E-state index contributed by atoms with van der Waals surface area (Å²) >= 11 is 0. The average molecular weight is 292 g/mol. The third-order valence-corrected chi connectivity index (χ3v) is 4.31. The highest BCUT2D eigenvalue weighted by atomic mass is 16.7. The molecule has 0 radical (unpaired) electrons. The lowest BCUT2D eigenvalue weighted by atomic mass is 9.86. The Morgan fingerprint density at radius 1 is 1.24 bits per heavy atom. The van der Waals surface area contributed by atoms with Crippen LogP contribution in [0.25, 0.3) is 0 Å². The molecule has 1 aromatic rings. The zero-order chi connectivity index (χ0) is 15.2. The van der Waals surface area contributed by atoms with E-state index in [1.54, 1.807) is 7.11 Å². The highest BCUT2D eigenvalue weighted by Gasteiger charge is 2.42. The number of hydrogen-bond acceptors (Lipinski definition) is 4. The van der Waals surface area contributed by atoms with Gasteiger partial charge in [0.05, 0.1) is 19.6 Å². The number of rotatable bonds is 6. The Kier molecular flexibility index (Phi) is 5.76. The Labute approximate surface area is 126 Å². The summed E-state index contributed by atoms with van der Waals surface area (Å²) in [5, 5.41) is 0. The van der Waals surface area contributed by atoms with Crippen LogP contribution in [0.2, 0.25) is 0 Å². The van der Waals surface area contributed by atoms with Crippen LogP contribution in [0, 0.1) is 11.8 Å². The molecule has 0 aromatic heterocycles. The Hall–Kier alpha value is -1.39. The number of carbonyl (C=O) groups excluding carboxylic acids is 1. The molecule has 4 atom stereocenters. The number of benzene rings is 1. The summed E-state index contributed by atoms with van der Waals surface area (Å²) in [7, 11) is 3.07. The number of aryl methyl sites for hydroxylation is 1. The van der Waals surface area contributed by atoms with E-state index in [0.29, 0.717) is 6.42 Å². The summed E-state index contributed by atoms with van der Waals surface area (Å²) in [5.41, 5.74) is 1.28. The summed E-state index contributed by atoms with van der Waals surface area (Å²) in [4.78, 5) is 11.6. The number of esters is 1. The molecule has 21 heavy (non-hydrogen) atoms. The molecule has 0 spiro atoms. The summed E-state index contributed by atoms with van der Waals surface area (Å²) in [6.45, 7) is 2.07. The van der Waals surface area contributed by atoms with E-state index in [0.717, 1.165) is 12.8 Å². The van der Waals surface area contributed by atoms with Crippen LogP contribution in [-0.4, -0.2) is 32.6 Å². The molecular weight excluding hydrogens is 268 g/mol. The van der Waals surface area contributed by atoms with E-state index < -0.39 is 0 Å². The molecule has 1 aliphatic heterocycles. The molecule has 1 aromatic carbocycles. The van der Waals surface area contributed by atoms with Crippen LogP contribution < -0.4 is 0 Å². The Morgan fingerprint density at radius 2 is 1.95 bits per heavy atom. The molecule has 1 aliphatic rings. The monoisotopic (exact) mass is 292 g/mol. The van der Waals surface area contributed by atoms with Crippen molar-refractivity contribution in [3.63, 3.8) is 0 Å². The van der Waals surface area contributed by atoms with Crippen molar-refractivity contribution < 1.29 is 19.0 Å². The fraction of sp³-hybridized carbons (Fsp3) is 0.588. The number of methoxy groups -OCH3 is 2. The van der Waals surface area contributed by atoms with Crippen LogP contribution in [0.4, 0.5) is 0 Å². The molecule has 0 N–H and O–H groups in total. The van der Waals surface area contributed by atoms with E-state index in [9.17, 15) is 4.79 Å². The minimum Gasteiger partial charge on any atom is -0.469 e. The molecule has 1 fully saturated rings. The molecule has 0 unspecified atom stereocenters. The van der Waals surface area contributed by atoms with E-state index in [1.807, 2.05) is 18.2 Å². The van der Waals surface area contributed by atoms with E-state index in [-0.39, 0.29) is 30.2 Å². The predicted molar refractivity (Wildman–Crippen MR) is 79.7 cm³/mol. The third kappa shape index (κ3) is 4.05. The van der Waals surface area contributed by atoms with Crippen molar-refractivity contribution in [3.05, 3.63) is 35.9 Å². The lowest BCUT2D eigenvalue weighted by molar-refractivity contribution is -0.142. The molecule has 2 rings (SSSR count). The van der Waals surface area contributed by atoms with Gasteiger partial charge in [-0.15, -0.1) is 0 Å². The maximum absolute atomic E-state index is 11.6. The highest BCUT2D eigenvalue weighted by molar-refractivity contribution is 5.69. The SMILES string of the molecule is COC(=O)C[C@@H]1[C@H](C)[C@@H](OC)O[C@H]1CCc1ccccc1. The van der Waals surface area contributed by atoms with Crippen LogP contribution in [0.1, 0.15) is 25.3 Å². The quantitative estimate of drug-likeness (QED) is 0.756. The topological polar surface area (TPSA) is 44.8 Å². The van der Waals surface area contributed by atoms with Gasteiger partial charge in [0.25, 0.3) is 0 Å². The molecule has 4 heteroatoms. The fourth-order valence-electron chi connectivity index (χ4n) is 3.04. The second-order valence-corrected chi connectivity index (χ2v) is 5.61. The van der Waals surface area contributed by atoms with Gasteiger partial charge in [0.1, 0.15) is 0 Å². The van der Waals surface area contributed by atoms with Gasteiger partial charge >= 0.3 is 5.97 Å². The molecule has 0 bridgehead atoms. The first-order valence-corrected chi connectivity index (χ1v) is 7.44. The maximum Gasteiger partial charge on any atom is 0.305 e. The zero-order valence-corrected chi connectivity index (χ0v) is 13.0. The van der Waals surface area contributed by atoms with Gasteiger partial charge in [-0.05, 0) is 18.4 Å². The van der Waals surface area contributed by atoms with Gasteiger partial charge in [0, 0.05) is 18.9 Å². The van der Waals surface area contributed by atoms with Crippen molar-refractivity contribution in [1.82, 2.24) is 0 Å². The normalized spacial score (nSPS) is 28.5. The Balaban J connectivity index is 1.99. The number of carbonyl (C=O) groups is 1.